The molecule has 8 nitrogen and oxygen atoms in total. The molecule has 0 spiro atoms. The first-order chi connectivity index (χ1) is 13.8. The molecule has 1 aliphatic heterocycles. The van der Waals surface area contributed by atoms with Crippen LogP contribution in [0.5, 0.6) is 0 Å². The number of hydrogen-bond acceptors (Lipinski definition) is 7. The molecule has 0 amide bonds. The minimum Gasteiger partial charge on any atom is -0.351 e. The summed E-state index contributed by atoms with van der Waals surface area (Å²) in [5.41, 5.74) is 5.97. The summed E-state index contributed by atoms with van der Waals surface area (Å²) in [6.07, 6.45) is 10.9. The van der Waals surface area contributed by atoms with Crippen molar-refractivity contribution in [1.82, 2.24) is 29.9 Å². The van der Waals surface area contributed by atoms with E-state index in [2.05, 4.69) is 42.1 Å². The van der Waals surface area contributed by atoms with Gasteiger partial charge in [0.25, 0.3) is 5.71 Å². The number of rotatable bonds is 3. The third-order valence-electron chi connectivity index (χ3n) is 5.62. The van der Waals surface area contributed by atoms with Gasteiger partial charge in [-0.1, -0.05) is 5.16 Å². The standard InChI is InChI=1S/C20H19N7O/c1-12-18-19(22-11-23-20(18)28-25-12)26-5-4-17-14(9-26)6-13(7-21-17)15-8-24-27(10-15)16-2-3-16/h6-8,10-11,16H,2-5,9H2,1H3. The summed E-state index contributed by atoms with van der Waals surface area (Å²) in [5.74, 6) is 0.876. The van der Waals surface area contributed by atoms with Crippen molar-refractivity contribution in [3.63, 3.8) is 0 Å². The first-order valence-electron chi connectivity index (χ1n) is 9.60. The molecule has 4 aromatic rings. The minimum absolute atomic E-state index is 0.535. The van der Waals surface area contributed by atoms with Gasteiger partial charge < -0.3 is 9.42 Å². The van der Waals surface area contributed by atoms with Crippen LogP contribution in [0.1, 0.15) is 35.8 Å². The average molecular weight is 373 g/mol. The van der Waals surface area contributed by atoms with Crippen molar-refractivity contribution in [1.29, 1.82) is 0 Å². The van der Waals surface area contributed by atoms with Crippen LogP contribution in [-0.4, -0.2) is 36.4 Å². The van der Waals surface area contributed by atoms with Gasteiger partial charge >= 0.3 is 0 Å². The third-order valence-corrected chi connectivity index (χ3v) is 5.62. The van der Waals surface area contributed by atoms with Crippen molar-refractivity contribution in [3.05, 3.63) is 47.9 Å². The number of anilines is 1. The molecule has 1 fully saturated rings. The van der Waals surface area contributed by atoms with Gasteiger partial charge in [0, 0.05) is 48.7 Å². The average Bonchev–Trinajstić information content (AvgIpc) is 3.34. The van der Waals surface area contributed by atoms with Gasteiger partial charge in [-0.25, -0.2) is 4.98 Å². The summed E-state index contributed by atoms with van der Waals surface area (Å²) in [7, 11) is 0. The summed E-state index contributed by atoms with van der Waals surface area (Å²) in [5, 5.41) is 9.45. The molecule has 0 atom stereocenters. The molecule has 140 valence electrons. The molecular weight excluding hydrogens is 354 g/mol. The van der Waals surface area contributed by atoms with Crippen molar-refractivity contribution in [2.75, 3.05) is 11.4 Å². The van der Waals surface area contributed by atoms with Crippen LogP contribution < -0.4 is 4.90 Å². The smallest absolute Gasteiger partial charge is 0.263 e. The lowest BCUT2D eigenvalue weighted by molar-refractivity contribution is 0.442. The van der Waals surface area contributed by atoms with E-state index in [-0.39, 0.29) is 0 Å². The highest BCUT2D eigenvalue weighted by atomic mass is 16.5. The van der Waals surface area contributed by atoms with E-state index in [0.29, 0.717) is 11.8 Å². The van der Waals surface area contributed by atoms with Crippen molar-refractivity contribution in [3.8, 4) is 11.1 Å². The van der Waals surface area contributed by atoms with E-state index in [9.17, 15) is 0 Å². The van der Waals surface area contributed by atoms with E-state index >= 15 is 0 Å². The predicted octanol–water partition coefficient (Wildman–Crippen LogP) is 3.08. The Labute approximate surface area is 161 Å². The molecule has 8 heteroatoms. The fourth-order valence-corrected chi connectivity index (χ4v) is 3.93. The number of aromatic nitrogens is 6. The fraction of sp³-hybridized carbons (Fsp3) is 0.350. The molecule has 2 aliphatic rings. The van der Waals surface area contributed by atoms with Crippen molar-refractivity contribution in [2.45, 2.75) is 38.8 Å². The van der Waals surface area contributed by atoms with E-state index in [1.165, 1.54) is 18.4 Å². The highest BCUT2D eigenvalue weighted by molar-refractivity contribution is 5.88. The van der Waals surface area contributed by atoms with Gasteiger partial charge in [0.2, 0.25) is 0 Å². The summed E-state index contributed by atoms with van der Waals surface area (Å²) in [4.78, 5) is 15.7. The Hall–Kier alpha value is -3.29. The van der Waals surface area contributed by atoms with E-state index in [1.807, 2.05) is 19.3 Å². The maximum Gasteiger partial charge on any atom is 0.263 e. The first kappa shape index (κ1) is 15.7. The molecule has 0 bridgehead atoms. The molecule has 1 aliphatic carbocycles. The second kappa shape index (κ2) is 5.85. The van der Waals surface area contributed by atoms with Gasteiger partial charge in [-0.05, 0) is 31.4 Å². The van der Waals surface area contributed by atoms with E-state index in [0.717, 1.165) is 53.2 Å². The molecule has 0 aromatic carbocycles. The molecule has 0 radical (unpaired) electrons. The van der Waals surface area contributed by atoms with Crippen LogP contribution >= 0.6 is 0 Å². The van der Waals surface area contributed by atoms with Gasteiger partial charge in [-0.3, -0.25) is 9.67 Å². The Bertz CT molecular complexity index is 1190. The zero-order valence-electron chi connectivity index (χ0n) is 15.5. The quantitative estimate of drug-likeness (QED) is 0.545. The molecule has 0 unspecified atom stereocenters. The second-order valence-electron chi connectivity index (χ2n) is 7.59. The molecule has 0 saturated heterocycles. The van der Waals surface area contributed by atoms with Crippen molar-refractivity contribution in [2.24, 2.45) is 0 Å². The van der Waals surface area contributed by atoms with Crippen LogP contribution in [0, 0.1) is 6.92 Å². The topological polar surface area (TPSA) is 85.8 Å². The predicted molar refractivity (Wildman–Crippen MR) is 103 cm³/mol. The number of nitrogens with zero attached hydrogens (tertiary/aromatic N) is 7. The van der Waals surface area contributed by atoms with Gasteiger partial charge in [0.05, 0.1) is 17.9 Å². The van der Waals surface area contributed by atoms with Gasteiger partial charge in [0.1, 0.15) is 17.5 Å². The monoisotopic (exact) mass is 373 g/mol. The van der Waals surface area contributed by atoms with Crippen LogP contribution in [0.4, 0.5) is 5.82 Å². The molecule has 5 heterocycles. The van der Waals surface area contributed by atoms with Gasteiger partial charge in [-0.2, -0.15) is 10.1 Å². The molecule has 0 N–H and O–H groups in total. The number of pyridine rings is 1. The van der Waals surface area contributed by atoms with Crippen LogP contribution in [0.25, 0.3) is 22.2 Å². The Balaban J connectivity index is 1.35. The SMILES string of the molecule is Cc1noc2ncnc(N3CCc4ncc(-c5cnn(C6CC6)c5)cc4C3)c12. The van der Waals surface area contributed by atoms with Crippen molar-refractivity contribution >= 4 is 16.9 Å². The Morgan fingerprint density at radius 1 is 1.11 bits per heavy atom. The van der Waals surface area contributed by atoms with Gasteiger partial charge in [0.15, 0.2) is 0 Å². The first-order valence-corrected chi connectivity index (χ1v) is 9.60. The van der Waals surface area contributed by atoms with E-state index < -0.39 is 0 Å². The lowest BCUT2D eigenvalue weighted by atomic mass is 10.0. The van der Waals surface area contributed by atoms with Crippen LogP contribution in [-0.2, 0) is 13.0 Å². The molecule has 28 heavy (non-hydrogen) atoms. The number of fused-ring (bicyclic) bond motifs is 2. The second-order valence-corrected chi connectivity index (χ2v) is 7.59. The van der Waals surface area contributed by atoms with Crippen molar-refractivity contribution < 1.29 is 4.52 Å². The van der Waals surface area contributed by atoms with E-state index in [1.54, 1.807) is 6.33 Å². The lowest BCUT2D eigenvalue weighted by Gasteiger charge is -2.29. The zero-order valence-corrected chi connectivity index (χ0v) is 15.5. The Morgan fingerprint density at radius 2 is 2.04 bits per heavy atom. The van der Waals surface area contributed by atoms with Crippen LogP contribution in [0.15, 0.2) is 35.5 Å². The number of hydrogen-bond donors (Lipinski definition) is 0. The molecule has 4 aromatic heterocycles. The summed E-state index contributed by atoms with van der Waals surface area (Å²) in [6.45, 7) is 3.53. The normalized spacial score (nSPS) is 16.5. The minimum atomic E-state index is 0.535. The zero-order chi connectivity index (χ0) is 18.7. The fourth-order valence-electron chi connectivity index (χ4n) is 3.93. The van der Waals surface area contributed by atoms with Crippen LogP contribution in [0.3, 0.4) is 0 Å². The Kier molecular flexibility index (Phi) is 3.29. The highest BCUT2D eigenvalue weighted by Gasteiger charge is 2.25. The largest absolute Gasteiger partial charge is 0.351 e. The third kappa shape index (κ3) is 2.48. The summed E-state index contributed by atoms with van der Waals surface area (Å²) < 4.78 is 7.38. The maximum atomic E-state index is 5.30. The van der Waals surface area contributed by atoms with E-state index in [4.69, 9.17) is 9.51 Å². The van der Waals surface area contributed by atoms with Gasteiger partial charge in [-0.15, -0.1) is 0 Å². The summed E-state index contributed by atoms with van der Waals surface area (Å²) >= 11 is 0. The lowest BCUT2D eigenvalue weighted by Crippen LogP contribution is -2.31. The molecular formula is C20H19N7O. The highest BCUT2D eigenvalue weighted by Crippen LogP contribution is 2.36. The maximum absolute atomic E-state index is 5.30. The summed E-state index contributed by atoms with van der Waals surface area (Å²) in [6, 6.07) is 2.82. The molecule has 1 saturated carbocycles. The number of aryl methyl sites for hydroxylation is 1. The molecule has 6 rings (SSSR count). The van der Waals surface area contributed by atoms with Crippen LogP contribution in [0.2, 0.25) is 0 Å². The Morgan fingerprint density at radius 3 is 2.93 bits per heavy atom.